The van der Waals surface area contributed by atoms with Crippen molar-refractivity contribution in [2.75, 3.05) is 6.61 Å². The lowest BCUT2D eigenvalue weighted by Gasteiger charge is -2.22. The highest BCUT2D eigenvalue weighted by Gasteiger charge is 2.14. The third kappa shape index (κ3) is 5.64. The molecule has 0 unspecified atom stereocenters. The van der Waals surface area contributed by atoms with Gasteiger partial charge in [-0.2, -0.15) is 0 Å². The number of hydrogen-bond acceptors (Lipinski definition) is 4. The highest BCUT2D eigenvalue weighted by molar-refractivity contribution is 5.89. The molecule has 1 aromatic rings. The zero-order chi connectivity index (χ0) is 14.5. The van der Waals surface area contributed by atoms with Crippen LogP contribution in [0.2, 0.25) is 0 Å². The van der Waals surface area contributed by atoms with Gasteiger partial charge in [-0.25, -0.2) is 4.79 Å². The predicted molar refractivity (Wildman–Crippen MR) is 73.0 cm³/mol. The van der Waals surface area contributed by atoms with Gasteiger partial charge in [-0.1, -0.05) is 6.58 Å². The molecule has 19 heavy (non-hydrogen) atoms. The standard InChI is InChI=1S/C15H22O4/c1-6-17-14(16)12-9-13(18-10-12)8-7-11(2)19-15(3,4)5/h9-10H,2,6-8H2,1,3-5H3. The minimum Gasteiger partial charge on any atom is -0.493 e. The molecule has 1 heterocycles. The van der Waals surface area contributed by atoms with Gasteiger partial charge in [0.1, 0.15) is 17.6 Å². The van der Waals surface area contributed by atoms with Crippen LogP contribution in [-0.2, 0) is 15.9 Å². The van der Waals surface area contributed by atoms with E-state index in [0.717, 1.165) is 5.76 Å². The predicted octanol–water partition coefficient (Wildman–Crippen LogP) is 3.72. The first-order valence-corrected chi connectivity index (χ1v) is 6.43. The van der Waals surface area contributed by atoms with Gasteiger partial charge in [0.05, 0.1) is 17.9 Å². The van der Waals surface area contributed by atoms with Gasteiger partial charge in [0.15, 0.2) is 0 Å². The Morgan fingerprint density at radius 2 is 2.11 bits per heavy atom. The number of allylic oxidation sites excluding steroid dienone is 1. The van der Waals surface area contributed by atoms with Gasteiger partial charge < -0.3 is 13.9 Å². The number of hydrogen-bond donors (Lipinski definition) is 0. The van der Waals surface area contributed by atoms with E-state index in [1.54, 1.807) is 13.0 Å². The Morgan fingerprint density at radius 3 is 2.68 bits per heavy atom. The maximum atomic E-state index is 11.5. The second-order valence-corrected chi connectivity index (χ2v) is 5.28. The number of carbonyl (C=O) groups is 1. The molecule has 0 atom stereocenters. The molecule has 0 aromatic carbocycles. The SMILES string of the molecule is C=C(CCc1cc(C(=O)OCC)co1)OC(C)(C)C. The Hall–Kier alpha value is -1.71. The largest absolute Gasteiger partial charge is 0.493 e. The second-order valence-electron chi connectivity index (χ2n) is 5.28. The normalized spacial score (nSPS) is 11.2. The zero-order valence-corrected chi connectivity index (χ0v) is 12.1. The number of aryl methyl sites for hydroxylation is 1. The molecule has 0 N–H and O–H groups in total. The molecule has 0 radical (unpaired) electrons. The number of carbonyl (C=O) groups excluding carboxylic acids is 1. The van der Waals surface area contributed by atoms with Crippen molar-refractivity contribution < 1.29 is 18.7 Å². The quantitative estimate of drug-likeness (QED) is 0.581. The van der Waals surface area contributed by atoms with Crippen molar-refractivity contribution in [1.82, 2.24) is 0 Å². The Balaban J connectivity index is 2.46. The van der Waals surface area contributed by atoms with Gasteiger partial charge in [0, 0.05) is 12.8 Å². The summed E-state index contributed by atoms with van der Waals surface area (Å²) in [6.07, 6.45) is 2.72. The molecular weight excluding hydrogens is 244 g/mol. The number of rotatable bonds is 6. The third-order valence-electron chi connectivity index (χ3n) is 2.27. The molecule has 1 rings (SSSR count). The fourth-order valence-corrected chi connectivity index (χ4v) is 1.58. The fraction of sp³-hybridized carbons (Fsp3) is 0.533. The van der Waals surface area contributed by atoms with Crippen molar-refractivity contribution in [3.63, 3.8) is 0 Å². The molecule has 106 valence electrons. The molecule has 4 nitrogen and oxygen atoms in total. The van der Waals surface area contributed by atoms with Gasteiger partial charge in [-0.15, -0.1) is 0 Å². The van der Waals surface area contributed by atoms with E-state index in [2.05, 4.69) is 6.58 Å². The molecule has 4 heteroatoms. The highest BCUT2D eigenvalue weighted by atomic mass is 16.5. The lowest BCUT2D eigenvalue weighted by atomic mass is 10.1. The second kappa shape index (κ2) is 6.45. The fourth-order valence-electron chi connectivity index (χ4n) is 1.58. The van der Waals surface area contributed by atoms with E-state index in [1.807, 2.05) is 20.8 Å². The van der Waals surface area contributed by atoms with Crippen LogP contribution in [-0.4, -0.2) is 18.2 Å². The van der Waals surface area contributed by atoms with Crippen molar-refractivity contribution in [3.8, 4) is 0 Å². The van der Waals surface area contributed by atoms with E-state index >= 15 is 0 Å². The van der Waals surface area contributed by atoms with Crippen molar-refractivity contribution in [1.29, 1.82) is 0 Å². The molecule has 0 saturated heterocycles. The minimum atomic E-state index is -0.359. The van der Waals surface area contributed by atoms with Crippen LogP contribution in [0.3, 0.4) is 0 Å². The maximum Gasteiger partial charge on any atom is 0.341 e. The van der Waals surface area contributed by atoms with Crippen LogP contribution >= 0.6 is 0 Å². The molecule has 0 aliphatic heterocycles. The smallest absolute Gasteiger partial charge is 0.341 e. The van der Waals surface area contributed by atoms with Gasteiger partial charge in [0.2, 0.25) is 0 Å². The van der Waals surface area contributed by atoms with E-state index in [0.29, 0.717) is 30.8 Å². The van der Waals surface area contributed by atoms with Crippen LogP contribution in [0.4, 0.5) is 0 Å². The van der Waals surface area contributed by atoms with Gasteiger partial charge in [0.25, 0.3) is 0 Å². The van der Waals surface area contributed by atoms with E-state index in [9.17, 15) is 4.79 Å². The summed E-state index contributed by atoms with van der Waals surface area (Å²) in [5.41, 5.74) is 0.204. The molecule has 0 fully saturated rings. The molecule has 0 amide bonds. The first kappa shape index (κ1) is 15.3. The van der Waals surface area contributed by atoms with Crippen LogP contribution in [0.1, 0.15) is 50.2 Å². The average molecular weight is 266 g/mol. The Labute approximate surface area is 114 Å². The molecular formula is C15H22O4. The van der Waals surface area contributed by atoms with E-state index in [4.69, 9.17) is 13.9 Å². The highest BCUT2D eigenvalue weighted by Crippen LogP contribution is 2.18. The van der Waals surface area contributed by atoms with Crippen LogP contribution in [0.15, 0.2) is 29.1 Å². The maximum absolute atomic E-state index is 11.5. The Bertz CT molecular complexity index is 437. The van der Waals surface area contributed by atoms with Gasteiger partial charge in [-0.3, -0.25) is 0 Å². The van der Waals surface area contributed by atoms with Crippen molar-refractivity contribution in [2.24, 2.45) is 0 Å². The average Bonchev–Trinajstić information content (AvgIpc) is 2.73. The molecule has 0 bridgehead atoms. The lowest BCUT2D eigenvalue weighted by molar-refractivity contribution is 0.0475. The van der Waals surface area contributed by atoms with Gasteiger partial charge in [-0.05, 0) is 33.8 Å². The first-order valence-electron chi connectivity index (χ1n) is 6.43. The van der Waals surface area contributed by atoms with Crippen LogP contribution in [0.5, 0.6) is 0 Å². The van der Waals surface area contributed by atoms with E-state index in [-0.39, 0.29) is 11.6 Å². The minimum absolute atomic E-state index is 0.240. The summed E-state index contributed by atoms with van der Waals surface area (Å²) in [4.78, 5) is 11.5. The molecule has 0 aliphatic rings. The topological polar surface area (TPSA) is 48.7 Å². The van der Waals surface area contributed by atoms with Crippen LogP contribution < -0.4 is 0 Å². The number of furan rings is 1. The summed E-state index contributed by atoms with van der Waals surface area (Å²) >= 11 is 0. The summed E-state index contributed by atoms with van der Waals surface area (Å²) in [7, 11) is 0. The molecule has 0 spiro atoms. The summed E-state index contributed by atoms with van der Waals surface area (Å²) in [5, 5.41) is 0. The molecule has 1 aromatic heterocycles. The third-order valence-corrected chi connectivity index (χ3v) is 2.27. The summed E-state index contributed by atoms with van der Waals surface area (Å²) < 4.78 is 15.8. The van der Waals surface area contributed by atoms with E-state index in [1.165, 1.54) is 6.26 Å². The van der Waals surface area contributed by atoms with E-state index < -0.39 is 0 Å². The molecule has 0 saturated carbocycles. The number of ether oxygens (including phenoxy) is 2. The molecule has 0 aliphatic carbocycles. The van der Waals surface area contributed by atoms with Crippen LogP contribution in [0, 0.1) is 0 Å². The van der Waals surface area contributed by atoms with Crippen molar-refractivity contribution >= 4 is 5.97 Å². The van der Waals surface area contributed by atoms with Crippen LogP contribution in [0.25, 0.3) is 0 Å². The Morgan fingerprint density at radius 1 is 1.42 bits per heavy atom. The van der Waals surface area contributed by atoms with Crippen molar-refractivity contribution in [2.45, 2.75) is 46.1 Å². The van der Waals surface area contributed by atoms with Gasteiger partial charge >= 0.3 is 5.97 Å². The summed E-state index contributed by atoms with van der Waals surface area (Å²) in [6, 6.07) is 1.70. The summed E-state index contributed by atoms with van der Waals surface area (Å²) in [6.45, 7) is 11.9. The zero-order valence-electron chi connectivity index (χ0n) is 12.1. The monoisotopic (exact) mass is 266 g/mol. The number of esters is 1. The first-order chi connectivity index (χ1) is 8.81. The Kier molecular flexibility index (Phi) is 5.21. The summed E-state index contributed by atoms with van der Waals surface area (Å²) in [5.74, 6) is 1.07. The van der Waals surface area contributed by atoms with Crippen molar-refractivity contribution in [3.05, 3.63) is 36.0 Å². The lowest BCUT2D eigenvalue weighted by Crippen LogP contribution is -2.18.